The van der Waals surface area contributed by atoms with Crippen LogP contribution in [0.25, 0.3) is 17.3 Å². The lowest BCUT2D eigenvalue weighted by Crippen LogP contribution is -2.29. The van der Waals surface area contributed by atoms with Crippen LogP contribution >= 0.6 is 23.2 Å². The van der Waals surface area contributed by atoms with E-state index in [1.54, 1.807) is 36.4 Å². The number of fused-ring (bicyclic) bond motifs is 1. The lowest BCUT2D eigenvalue weighted by atomic mass is 10.0. The first kappa shape index (κ1) is 26.2. The first-order valence-corrected chi connectivity index (χ1v) is 14.3. The summed E-state index contributed by atoms with van der Waals surface area (Å²) in [5.41, 5.74) is 3.04. The van der Waals surface area contributed by atoms with Gasteiger partial charge in [-0.15, -0.1) is 0 Å². The van der Waals surface area contributed by atoms with Crippen molar-refractivity contribution in [3.63, 3.8) is 0 Å². The highest BCUT2D eigenvalue weighted by Gasteiger charge is 2.35. The number of nitrogens with zero attached hydrogens (tertiary/aromatic N) is 2. The molecule has 1 aliphatic heterocycles. The van der Waals surface area contributed by atoms with Crippen LogP contribution in [0.1, 0.15) is 45.8 Å². The summed E-state index contributed by atoms with van der Waals surface area (Å²) in [6.07, 6.45) is 1.66. The molecule has 38 heavy (non-hydrogen) atoms. The van der Waals surface area contributed by atoms with Crippen molar-refractivity contribution >= 4 is 50.6 Å². The number of carbonyl (C=O) groups is 1. The molecule has 0 fully saturated rings. The van der Waals surface area contributed by atoms with Gasteiger partial charge in [-0.05, 0) is 60.0 Å². The number of amides is 1. The number of carbonyl (C=O) groups excluding carboxylic acids is 1. The molecule has 1 aromatic heterocycles. The Kier molecular flexibility index (Phi) is 7.13. The highest BCUT2D eigenvalue weighted by atomic mass is 35.5. The minimum absolute atomic E-state index is 0.0120. The second kappa shape index (κ2) is 10.4. The van der Waals surface area contributed by atoms with Gasteiger partial charge in [-0.3, -0.25) is 4.79 Å². The normalized spacial score (nSPS) is 16.2. The topological polar surface area (TPSA) is 81.1 Å². The molecule has 0 unspecified atom stereocenters. The van der Waals surface area contributed by atoms with Crippen molar-refractivity contribution in [1.82, 2.24) is 15.1 Å². The second-order valence-electron chi connectivity index (χ2n) is 9.04. The Morgan fingerprint density at radius 3 is 2.45 bits per heavy atom. The number of nitrogens with one attached hydrogen (secondary N) is 1. The monoisotopic (exact) mass is 569 g/mol. The molecule has 6 nitrogen and oxygen atoms in total. The van der Waals surface area contributed by atoms with Crippen LogP contribution in [-0.2, 0) is 15.6 Å². The molecule has 0 spiro atoms. The molecule has 0 aliphatic carbocycles. The summed E-state index contributed by atoms with van der Waals surface area (Å²) in [7, 11) is -3.63. The molecule has 0 saturated carbocycles. The van der Waals surface area contributed by atoms with Gasteiger partial charge < -0.3 is 5.32 Å². The maximum Gasteiger partial charge on any atom is 0.272 e. The summed E-state index contributed by atoms with van der Waals surface area (Å²) in [4.78, 5) is 13.5. The number of rotatable bonds is 5. The Hall–Kier alpha value is -3.46. The molecule has 5 rings (SSSR count). The van der Waals surface area contributed by atoms with Gasteiger partial charge >= 0.3 is 0 Å². The predicted octanol–water partition coefficient (Wildman–Crippen LogP) is 6.28. The van der Waals surface area contributed by atoms with Gasteiger partial charge in [0.15, 0.2) is 15.5 Å². The lowest BCUT2D eigenvalue weighted by molar-refractivity contribution is 0.0933. The Morgan fingerprint density at radius 2 is 1.76 bits per heavy atom. The van der Waals surface area contributed by atoms with Crippen LogP contribution in [0.3, 0.4) is 0 Å². The van der Waals surface area contributed by atoms with E-state index in [-0.39, 0.29) is 33.8 Å². The molecule has 1 atom stereocenters. The SMILES string of the molecule is C[C@H](NC(=O)c1nn(-c2ccc(Cl)cc2Cl)c2c1CS(=O)(=O)C/C2=C\c1ccc(F)cc1)c1ccccc1. The third-order valence-electron chi connectivity index (χ3n) is 6.24. The van der Waals surface area contributed by atoms with Crippen LogP contribution in [0.2, 0.25) is 10.0 Å². The van der Waals surface area contributed by atoms with Crippen molar-refractivity contribution < 1.29 is 17.6 Å². The van der Waals surface area contributed by atoms with E-state index in [4.69, 9.17) is 23.2 Å². The summed E-state index contributed by atoms with van der Waals surface area (Å²) < 4.78 is 41.1. The zero-order valence-electron chi connectivity index (χ0n) is 20.2. The van der Waals surface area contributed by atoms with Gasteiger partial charge in [-0.2, -0.15) is 5.10 Å². The molecule has 0 saturated heterocycles. The van der Waals surface area contributed by atoms with Crippen LogP contribution in [-0.4, -0.2) is 29.9 Å². The third kappa shape index (κ3) is 5.38. The zero-order chi connectivity index (χ0) is 27.0. The standard InChI is InChI=1S/C28H22Cl2FN3O3S/c1-17(19-5-3-2-4-6-19)32-28(35)26-23-16-38(36,37)15-20(13-18-7-10-22(31)11-8-18)27(23)34(33-26)25-12-9-21(29)14-24(25)30/h2-14,17H,15-16H2,1H3,(H,32,35)/b20-13+/t17-/m0/s1. The zero-order valence-corrected chi connectivity index (χ0v) is 22.5. The minimum Gasteiger partial charge on any atom is -0.344 e. The maximum absolute atomic E-state index is 13.5. The number of hydrogen-bond acceptors (Lipinski definition) is 4. The fraction of sp³-hybridized carbons (Fsp3) is 0.143. The first-order valence-electron chi connectivity index (χ1n) is 11.7. The van der Waals surface area contributed by atoms with E-state index >= 15 is 0 Å². The molecule has 1 N–H and O–H groups in total. The number of aromatic nitrogens is 2. The van der Waals surface area contributed by atoms with Crippen LogP contribution in [0.15, 0.2) is 72.8 Å². The Balaban J connectivity index is 1.68. The summed E-state index contributed by atoms with van der Waals surface area (Å²) in [5.74, 6) is -1.57. The molecule has 10 heteroatoms. The summed E-state index contributed by atoms with van der Waals surface area (Å²) in [5, 5.41) is 8.20. The van der Waals surface area contributed by atoms with Gasteiger partial charge in [0.2, 0.25) is 0 Å². The molecule has 4 aromatic rings. The minimum atomic E-state index is -3.63. The fourth-order valence-electron chi connectivity index (χ4n) is 4.46. The average Bonchev–Trinajstić information content (AvgIpc) is 3.24. The molecule has 0 radical (unpaired) electrons. The van der Waals surface area contributed by atoms with Gasteiger partial charge in [0, 0.05) is 10.6 Å². The number of halogens is 3. The fourth-order valence-corrected chi connectivity index (χ4v) is 6.46. The first-order chi connectivity index (χ1) is 18.1. The van der Waals surface area contributed by atoms with Crippen LogP contribution < -0.4 is 5.32 Å². The van der Waals surface area contributed by atoms with E-state index in [2.05, 4.69) is 10.4 Å². The van der Waals surface area contributed by atoms with Gasteiger partial charge in [0.1, 0.15) is 5.82 Å². The molecule has 1 amide bonds. The maximum atomic E-state index is 13.5. The van der Waals surface area contributed by atoms with E-state index in [0.717, 1.165) is 5.56 Å². The summed E-state index contributed by atoms with van der Waals surface area (Å²) in [6, 6.07) is 19.6. The molecule has 2 heterocycles. The van der Waals surface area contributed by atoms with Crippen LogP contribution in [0.4, 0.5) is 4.39 Å². The smallest absolute Gasteiger partial charge is 0.272 e. The Morgan fingerprint density at radius 1 is 1.05 bits per heavy atom. The van der Waals surface area contributed by atoms with E-state index in [1.807, 2.05) is 37.3 Å². The van der Waals surface area contributed by atoms with Crippen molar-refractivity contribution in [2.75, 3.05) is 5.75 Å². The molecule has 1 aliphatic rings. The highest BCUT2D eigenvalue weighted by Crippen LogP contribution is 2.37. The molecular formula is C28H22Cl2FN3O3S. The molecule has 194 valence electrons. The van der Waals surface area contributed by atoms with Gasteiger partial charge in [-0.25, -0.2) is 17.5 Å². The van der Waals surface area contributed by atoms with Crippen molar-refractivity contribution in [2.45, 2.75) is 18.7 Å². The van der Waals surface area contributed by atoms with E-state index in [9.17, 15) is 17.6 Å². The summed E-state index contributed by atoms with van der Waals surface area (Å²) in [6.45, 7) is 1.84. The van der Waals surface area contributed by atoms with Gasteiger partial charge in [0.25, 0.3) is 5.91 Å². The van der Waals surface area contributed by atoms with Crippen LogP contribution in [0.5, 0.6) is 0 Å². The van der Waals surface area contributed by atoms with Gasteiger partial charge in [-0.1, -0.05) is 65.7 Å². The largest absolute Gasteiger partial charge is 0.344 e. The van der Waals surface area contributed by atoms with Crippen molar-refractivity contribution in [1.29, 1.82) is 0 Å². The quantitative estimate of drug-likeness (QED) is 0.306. The number of sulfone groups is 1. The summed E-state index contributed by atoms with van der Waals surface area (Å²) >= 11 is 12.6. The van der Waals surface area contributed by atoms with E-state index in [1.165, 1.54) is 16.8 Å². The van der Waals surface area contributed by atoms with Crippen molar-refractivity contribution in [3.05, 3.63) is 117 Å². The Labute approximate surface area is 229 Å². The average molecular weight is 570 g/mol. The van der Waals surface area contributed by atoms with Crippen molar-refractivity contribution in [2.24, 2.45) is 0 Å². The lowest BCUT2D eigenvalue weighted by Gasteiger charge is -2.19. The molecular weight excluding hydrogens is 548 g/mol. The van der Waals surface area contributed by atoms with Crippen LogP contribution in [0, 0.1) is 5.82 Å². The van der Waals surface area contributed by atoms with Crippen molar-refractivity contribution in [3.8, 4) is 5.69 Å². The molecule has 0 bridgehead atoms. The number of hydrogen-bond donors (Lipinski definition) is 1. The second-order valence-corrected chi connectivity index (χ2v) is 12.0. The van der Waals surface area contributed by atoms with E-state index in [0.29, 0.717) is 27.5 Å². The number of benzene rings is 3. The predicted molar refractivity (Wildman–Crippen MR) is 148 cm³/mol. The molecule has 3 aromatic carbocycles. The van der Waals surface area contributed by atoms with Gasteiger partial charge in [0.05, 0.1) is 34.0 Å². The van der Waals surface area contributed by atoms with E-state index < -0.39 is 21.6 Å². The Bertz CT molecular complexity index is 1670. The highest BCUT2D eigenvalue weighted by molar-refractivity contribution is 7.91. The third-order valence-corrected chi connectivity index (χ3v) is 8.26.